The van der Waals surface area contributed by atoms with Gasteiger partial charge in [-0.15, -0.1) is 5.10 Å². The van der Waals surface area contributed by atoms with E-state index in [1.807, 2.05) is 0 Å². The topological polar surface area (TPSA) is 83.6 Å². The number of rotatable bonds is 2. The molecule has 104 valence electrons. The number of amides is 1. The van der Waals surface area contributed by atoms with E-state index >= 15 is 0 Å². The average Bonchev–Trinajstić information content (AvgIpc) is 3.03. The largest absolute Gasteiger partial charge is 0.309 e. The first kappa shape index (κ1) is 13.2. The van der Waals surface area contributed by atoms with Crippen molar-refractivity contribution in [3.05, 3.63) is 35.8 Å². The average molecular weight is 301 g/mol. The number of aromatic nitrogens is 3. The molecule has 0 saturated carbocycles. The molecule has 0 radical (unpaired) electrons. The Bertz CT molecular complexity index is 892. The lowest BCUT2D eigenvalue weighted by Gasteiger charge is -1.95. The molecule has 3 aromatic rings. The maximum Gasteiger partial charge on any atom is 0.222 e. The molecule has 0 unspecified atom stereocenters. The summed E-state index contributed by atoms with van der Waals surface area (Å²) in [5.74, 6) is -0.379. The van der Waals surface area contributed by atoms with Gasteiger partial charge in [0.15, 0.2) is 5.82 Å². The normalized spacial score (nSPS) is 10.5. The van der Waals surface area contributed by atoms with E-state index in [1.54, 1.807) is 18.3 Å². The number of nitriles is 1. The number of anilines is 1. The highest BCUT2D eigenvalue weighted by atomic mass is 32.1. The van der Waals surface area contributed by atoms with Crippen molar-refractivity contribution in [3.63, 3.8) is 0 Å². The fraction of sp³-hybridized carbons (Fsp3) is 0.0769. The van der Waals surface area contributed by atoms with Crippen LogP contribution in [0.4, 0.5) is 10.2 Å². The number of nitrogens with zero attached hydrogens (tertiary/aromatic N) is 4. The van der Waals surface area contributed by atoms with Crippen molar-refractivity contribution in [2.45, 2.75) is 6.92 Å². The lowest BCUT2D eigenvalue weighted by atomic mass is 10.2. The molecule has 0 saturated heterocycles. The van der Waals surface area contributed by atoms with E-state index in [-0.39, 0.29) is 11.5 Å². The first-order valence-electron chi connectivity index (χ1n) is 5.90. The van der Waals surface area contributed by atoms with Crippen LogP contribution < -0.4 is 5.32 Å². The zero-order valence-electron chi connectivity index (χ0n) is 10.8. The molecule has 0 atom stereocenters. The SMILES string of the molecule is CC(=O)Nc1ccn(-c2nc3cc(C#N)c(F)cc3s2)n1. The van der Waals surface area contributed by atoms with E-state index in [9.17, 15) is 9.18 Å². The molecule has 21 heavy (non-hydrogen) atoms. The predicted octanol–water partition coefficient (Wildman–Crippen LogP) is 2.45. The summed E-state index contributed by atoms with van der Waals surface area (Å²) in [7, 11) is 0. The second kappa shape index (κ2) is 4.96. The predicted molar refractivity (Wildman–Crippen MR) is 75.7 cm³/mol. The highest BCUT2D eigenvalue weighted by molar-refractivity contribution is 7.20. The summed E-state index contributed by atoms with van der Waals surface area (Å²) in [6.45, 7) is 1.39. The van der Waals surface area contributed by atoms with Gasteiger partial charge in [-0.05, 0) is 12.1 Å². The Balaban J connectivity index is 2.03. The van der Waals surface area contributed by atoms with Crippen molar-refractivity contribution < 1.29 is 9.18 Å². The molecule has 0 aliphatic carbocycles. The molecule has 0 fully saturated rings. The van der Waals surface area contributed by atoms with Crippen LogP contribution in [0.1, 0.15) is 12.5 Å². The molecule has 6 nitrogen and oxygen atoms in total. The summed E-state index contributed by atoms with van der Waals surface area (Å²) in [5.41, 5.74) is 0.489. The molecule has 1 amide bonds. The Labute approximate surface area is 122 Å². The van der Waals surface area contributed by atoms with Crippen LogP contribution in [0.15, 0.2) is 24.4 Å². The van der Waals surface area contributed by atoms with Crippen molar-refractivity contribution >= 4 is 33.3 Å². The highest BCUT2D eigenvalue weighted by Crippen LogP contribution is 2.27. The third-order valence-electron chi connectivity index (χ3n) is 2.68. The van der Waals surface area contributed by atoms with Crippen LogP contribution >= 0.6 is 11.3 Å². The molecule has 8 heteroatoms. The van der Waals surface area contributed by atoms with Gasteiger partial charge in [-0.2, -0.15) is 5.26 Å². The van der Waals surface area contributed by atoms with Crippen molar-refractivity contribution in [2.75, 3.05) is 5.32 Å². The van der Waals surface area contributed by atoms with Crippen molar-refractivity contribution in [1.82, 2.24) is 14.8 Å². The van der Waals surface area contributed by atoms with Crippen LogP contribution in [0.5, 0.6) is 0 Å². The monoisotopic (exact) mass is 301 g/mol. The van der Waals surface area contributed by atoms with E-state index in [0.717, 1.165) is 0 Å². The standard InChI is InChI=1S/C13H8FN5OS/c1-7(20)16-12-2-3-19(18-12)13-17-10-4-8(6-15)9(14)5-11(10)21-13/h2-5H,1H3,(H,16,18,20). The third-order valence-corrected chi connectivity index (χ3v) is 3.68. The van der Waals surface area contributed by atoms with Gasteiger partial charge in [0.05, 0.1) is 15.8 Å². The van der Waals surface area contributed by atoms with Gasteiger partial charge in [0, 0.05) is 19.2 Å². The quantitative estimate of drug-likeness (QED) is 0.788. The fourth-order valence-corrected chi connectivity index (χ4v) is 2.71. The molecule has 2 heterocycles. The molecular formula is C13H8FN5OS. The Hall–Kier alpha value is -2.79. The van der Waals surface area contributed by atoms with E-state index < -0.39 is 5.82 Å². The molecule has 0 bridgehead atoms. The number of thiazole rings is 1. The van der Waals surface area contributed by atoms with Crippen LogP contribution in [0.3, 0.4) is 0 Å². The van der Waals surface area contributed by atoms with Crippen LogP contribution in [-0.4, -0.2) is 20.7 Å². The lowest BCUT2D eigenvalue weighted by molar-refractivity contribution is -0.114. The Kier molecular flexibility index (Phi) is 3.12. The minimum Gasteiger partial charge on any atom is -0.309 e. The van der Waals surface area contributed by atoms with E-state index in [4.69, 9.17) is 5.26 Å². The molecule has 0 spiro atoms. The summed E-state index contributed by atoms with van der Waals surface area (Å²) in [6.07, 6.45) is 1.64. The van der Waals surface area contributed by atoms with Gasteiger partial charge in [-0.1, -0.05) is 11.3 Å². The first-order valence-corrected chi connectivity index (χ1v) is 6.72. The smallest absolute Gasteiger partial charge is 0.222 e. The third kappa shape index (κ3) is 2.46. The highest BCUT2D eigenvalue weighted by Gasteiger charge is 2.11. The van der Waals surface area contributed by atoms with Crippen molar-refractivity contribution in [2.24, 2.45) is 0 Å². The maximum atomic E-state index is 13.6. The van der Waals surface area contributed by atoms with Crippen LogP contribution in [0.2, 0.25) is 0 Å². The van der Waals surface area contributed by atoms with E-state index in [1.165, 1.54) is 35.1 Å². The maximum absolute atomic E-state index is 13.6. The second-order valence-electron chi connectivity index (χ2n) is 4.23. The van der Waals surface area contributed by atoms with E-state index in [2.05, 4.69) is 15.4 Å². The van der Waals surface area contributed by atoms with Gasteiger partial charge < -0.3 is 5.32 Å². The summed E-state index contributed by atoms with van der Waals surface area (Å²) >= 11 is 1.24. The van der Waals surface area contributed by atoms with Gasteiger partial charge in [0.25, 0.3) is 0 Å². The number of hydrogen-bond acceptors (Lipinski definition) is 5. The second-order valence-corrected chi connectivity index (χ2v) is 5.24. The number of carbonyl (C=O) groups excluding carboxylic acids is 1. The zero-order chi connectivity index (χ0) is 15.0. The summed E-state index contributed by atoms with van der Waals surface area (Å²) in [4.78, 5) is 15.3. The summed E-state index contributed by atoms with van der Waals surface area (Å²) < 4.78 is 15.7. The molecule has 3 rings (SSSR count). The summed E-state index contributed by atoms with van der Waals surface area (Å²) in [5, 5.41) is 16.1. The number of nitrogens with one attached hydrogen (secondary N) is 1. The molecule has 2 aromatic heterocycles. The zero-order valence-corrected chi connectivity index (χ0v) is 11.6. The number of halogens is 1. The van der Waals surface area contributed by atoms with Gasteiger partial charge in [-0.3, -0.25) is 4.79 Å². The number of hydrogen-bond donors (Lipinski definition) is 1. The fourth-order valence-electron chi connectivity index (χ4n) is 1.80. The van der Waals surface area contributed by atoms with Gasteiger partial charge in [0.1, 0.15) is 11.9 Å². The van der Waals surface area contributed by atoms with E-state index in [0.29, 0.717) is 21.2 Å². The van der Waals surface area contributed by atoms with Gasteiger partial charge >= 0.3 is 0 Å². The number of carbonyl (C=O) groups is 1. The molecule has 1 N–H and O–H groups in total. The Morgan fingerprint density at radius 1 is 1.52 bits per heavy atom. The Morgan fingerprint density at radius 3 is 3.05 bits per heavy atom. The van der Waals surface area contributed by atoms with Crippen LogP contribution in [-0.2, 0) is 4.79 Å². The van der Waals surface area contributed by atoms with Gasteiger partial charge in [-0.25, -0.2) is 14.1 Å². The van der Waals surface area contributed by atoms with Crippen molar-refractivity contribution in [1.29, 1.82) is 5.26 Å². The molecule has 1 aromatic carbocycles. The van der Waals surface area contributed by atoms with Gasteiger partial charge in [0.2, 0.25) is 11.0 Å². The number of fused-ring (bicyclic) bond motifs is 1. The minimum absolute atomic E-state index is 0.0428. The lowest BCUT2D eigenvalue weighted by Crippen LogP contribution is -2.06. The van der Waals surface area contributed by atoms with Crippen LogP contribution in [0, 0.1) is 17.1 Å². The molecule has 0 aliphatic heterocycles. The molecular weight excluding hydrogens is 293 g/mol. The molecule has 0 aliphatic rings. The minimum atomic E-state index is -0.570. The Morgan fingerprint density at radius 2 is 2.33 bits per heavy atom. The number of benzene rings is 1. The summed E-state index contributed by atoms with van der Waals surface area (Å²) in [6, 6.07) is 6.11. The van der Waals surface area contributed by atoms with Crippen LogP contribution in [0.25, 0.3) is 15.3 Å². The first-order chi connectivity index (χ1) is 10.1. The van der Waals surface area contributed by atoms with Crippen molar-refractivity contribution in [3.8, 4) is 11.2 Å².